The Balaban J connectivity index is 1.40. The molecule has 6 rings (SSSR count). The summed E-state index contributed by atoms with van der Waals surface area (Å²) in [4.78, 5) is 27.4. The summed E-state index contributed by atoms with van der Waals surface area (Å²) in [5, 5.41) is 5.34. The van der Waals surface area contributed by atoms with Crippen LogP contribution >= 0.6 is 0 Å². The SMILES string of the molecule is Cc1ccccc1-n1nc2c(c1-n1cccc1)CN(C(=O)c1cc(=O)c3ccccc3o1)C2. The van der Waals surface area contributed by atoms with Gasteiger partial charge >= 0.3 is 0 Å². The number of amides is 1. The van der Waals surface area contributed by atoms with Crippen molar-refractivity contribution in [1.82, 2.24) is 19.2 Å². The zero-order chi connectivity index (χ0) is 22.5. The predicted molar refractivity (Wildman–Crippen MR) is 124 cm³/mol. The quantitative estimate of drug-likeness (QED) is 0.424. The van der Waals surface area contributed by atoms with Gasteiger partial charge in [-0.3, -0.25) is 9.59 Å². The van der Waals surface area contributed by atoms with E-state index in [-0.39, 0.29) is 17.1 Å². The van der Waals surface area contributed by atoms with Gasteiger partial charge in [-0.2, -0.15) is 5.10 Å². The van der Waals surface area contributed by atoms with Gasteiger partial charge in [-0.1, -0.05) is 30.3 Å². The predicted octanol–water partition coefficient (Wildman–Crippen LogP) is 4.23. The molecule has 5 aromatic rings. The molecule has 3 aromatic heterocycles. The van der Waals surface area contributed by atoms with Crippen LogP contribution in [0.4, 0.5) is 0 Å². The zero-order valence-electron chi connectivity index (χ0n) is 17.9. The summed E-state index contributed by atoms with van der Waals surface area (Å²) < 4.78 is 9.74. The van der Waals surface area contributed by atoms with Crippen molar-refractivity contribution in [3.8, 4) is 11.5 Å². The van der Waals surface area contributed by atoms with Gasteiger partial charge in [-0.15, -0.1) is 0 Å². The Hall–Kier alpha value is -4.39. The molecular weight excluding hydrogens is 416 g/mol. The van der Waals surface area contributed by atoms with Crippen LogP contribution in [0, 0.1) is 6.92 Å². The molecule has 33 heavy (non-hydrogen) atoms. The molecule has 0 atom stereocenters. The molecule has 2 aromatic carbocycles. The maximum atomic E-state index is 13.3. The Morgan fingerprint density at radius 1 is 0.970 bits per heavy atom. The number of carbonyl (C=O) groups excluding carboxylic acids is 1. The number of aryl methyl sites for hydroxylation is 1. The van der Waals surface area contributed by atoms with Crippen LogP contribution in [0.15, 0.2) is 88.3 Å². The molecule has 0 spiro atoms. The van der Waals surface area contributed by atoms with Gasteiger partial charge in [0.2, 0.25) is 0 Å². The number of para-hydroxylation sites is 2. The number of carbonyl (C=O) groups is 1. The lowest BCUT2D eigenvalue weighted by Crippen LogP contribution is -2.27. The molecule has 7 nitrogen and oxygen atoms in total. The summed E-state index contributed by atoms with van der Waals surface area (Å²) >= 11 is 0. The lowest BCUT2D eigenvalue weighted by atomic mass is 10.2. The average molecular weight is 436 g/mol. The van der Waals surface area contributed by atoms with Crippen molar-refractivity contribution in [2.24, 2.45) is 0 Å². The van der Waals surface area contributed by atoms with E-state index in [9.17, 15) is 9.59 Å². The monoisotopic (exact) mass is 436 g/mol. The van der Waals surface area contributed by atoms with Gasteiger partial charge in [0.05, 0.1) is 29.9 Å². The molecule has 1 aliphatic rings. The largest absolute Gasteiger partial charge is 0.451 e. The fourth-order valence-electron chi connectivity index (χ4n) is 4.42. The summed E-state index contributed by atoms with van der Waals surface area (Å²) in [6.45, 7) is 2.78. The van der Waals surface area contributed by atoms with Crippen LogP contribution in [0.1, 0.15) is 27.4 Å². The lowest BCUT2D eigenvalue weighted by Gasteiger charge is -2.17. The first-order chi connectivity index (χ1) is 16.1. The minimum absolute atomic E-state index is 0.0400. The van der Waals surface area contributed by atoms with E-state index < -0.39 is 0 Å². The summed E-state index contributed by atoms with van der Waals surface area (Å²) in [5.41, 5.74) is 4.09. The number of rotatable bonds is 3. The number of fused-ring (bicyclic) bond motifs is 2. The number of hydrogen-bond donors (Lipinski definition) is 0. The molecule has 0 unspecified atom stereocenters. The number of hydrogen-bond acceptors (Lipinski definition) is 4. The van der Waals surface area contributed by atoms with Crippen molar-refractivity contribution in [3.63, 3.8) is 0 Å². The van der Waals surface area contributed by atoms with Crippen molar-refractivity contribution in [3.05, 3.63) is 112 Å². The maximum Gasteiger partial charge on any atom is 0.290 e. The number of nitrogens with zero attached hydrogens (tertiary/aromatic N) is 4. The number of aromatic nitrogens is 3. The van der Waals surface area contributed by atoms with Crippen LogP contribution < -0.4 is 5.43 Å². The van der Waals surface area contributed by atoms with E-state index in [1.807, 2.05) is 52.0 Å². The molecule has 0 saturated heterocycles. The molecule has 0 aliphatic carbocycles. The first-order valence-corrected chi connectivity index (χ1v) is 10.7. The van der Waals surface area contributed by atoms with E-state index >= 15 is 0 Å². The summed E-state index contributed by atoms with van der Waals surface area (Å²) in [7, 11) is 0. The van der Waals surface area contributed by atoms with Gasteiger partial charge in [0.15, 0.2) is 11.2 Å². The van der Waals surface area contributed by atoms with Crippen LogP contribution in [-0.4, -0.2) is 25.2 Å². The van der Waals surface area contributed by atoms with E-state index in [1.165, 1.54) is 6.07 Å². The van der Waals surface area contributed by atoms with Crippen molar-refractivity contribution in [2.45, 2.75) is 20.0 Å². The van der Waals surface area contributed by atoms with Gasteiger partial charge in [-0.05, 0) is 42.8 Å². The van der Waals surface area contributed by atoms with Crippen molar-refractivity contribution < 1.29 is 9.21 Å². The highest BCUT2D eigenvalue weighted by molar-refractivity contribution is 5.93. The number of benzene rings is 2. The molecule has 0 fully saturated rings. The highest BCUT2D eigenvalue weighted by Crippen LogP contribution is 2.32. The van der Waals surface area contributed by atoms with Gasteiger partial charge in [0.25, 0.3) is 5.91 Å². The van der Waals surface area contributed by atoms with E-state index in [4.69, 9.17) is 9.52 Å². The summed E-state index contributed by atoms with van der Waals surface area (Å²) in [6.07, 6.45) is 3.94. The third-order valence-electron chi connectivity index (χ3n) is 6.05. The highest BCUT2D eigenvalue weighted by Gasteiger charge is 2.33. The van der Waals surface area contributed by atoms with Gasteiger partial charge in [0, 0.05) is 24.0 Å². The Morgan fingerprint density at radius 2 is 1.73 bits per heavy atom. The third kappa shape index (κ3) is 3.09. The van der Waals surface area contributed by atoms with Crippen molar-refractivity contribution in [1.29, 1.82) is 0 Å². The van der Waals surface area contributed by atoms with Crippen LogP contribution in [0.5, 0.6) is 0 Å². The first kappa shape index (κ1) is 19.3. The van der Waals surface area contributed by atoms with E-state index in [2.05, 4.69) is 13.0 Å². The maximum absolute atomic E-state index is 13.3. The molecule has 7 heteroatoms. The molecule has 0 saturated carbocycles. The van der Waals surface area contributed by atoms with Gasteiger partial charge in [0.1, 0.15) is 11.4 Å². The second-order valence-electron chi connectivity index (χ2n) is 8.17. The second-order valence-corrected chi connectivity index (χ2v) is 8.17. The molecule has 4 heterocycles. The third-order valence-corrected chi connectivity index (χ3v) is 6.05. The second kappa shape index (κ2) is 7.34. The fourth-order valence-corrected chi connectivity index (χ4v) is 4.42. The minimum atomic E-state index is -0.322. The smallest absolute Gasteiger partial charge is 0.290 e. The van der Waals surface area contributed by atoms with Crippen LogP contribution in [0.3, 0.4) is 0 Å². The molecule has 162 valence electrons. The van der Waals surface area contributed by atoms with Crippen molar-refractivity contribution in [2.75, 3.05) is 0 Å². The molecule has 1 aliphatic heterocycles. The van der Waals surface area contributed by atoms with Crippen LogP contribution in [-0.2, 0) is 13.1 Å². The summed E-state index contributed by atoms with van der Waals surface area (Å²) in [5.74, 6) is 0.620. The highest BCUT2D eigenvalue weighted by atomic mass is 16.3. The van der Waals surface area contributed by atoms with Gasteiger partial charge < -0.3 is 13.9 Å². The van der Waals surface area contributed by atoms with Crippen LogP contribution in [0.2, 0.25) is 0 Å². The standard InChI is InChI=1S/C26H20N4O3/c1-17-8-2-4-10-21(17)30-25(28-12-6-7-13-28)19-15-29(16-20(19)27-30)26(32)24-14-22(31)18-9-3-5-11-23(18)33-24/h2-14H,15-16H2,1H3. The Morgan fingerprint density at radius 3 is 2.55 bits per heavy atom. The zero-order valence-corrected chi connectivity index (χ0v) is 17.9. The Kier molecular flexibility index (Phi) is 4.29. The van der Waals surface area contributed by atoms with Gasteiger partial charge in [-0.25, -0.2) is 4.68 Å². The minimum Gasteiger partial charge on any atom is -0.451 e. The Bertz CT molecular complexity index is 1580. The molecule has 0 N–H and O–H groups in total. The molecular formula is C26H20N4O3. The topological polar surface area (TPSA) is 73.3 Å². The normalized spacial score (nSPS) is 12.9. The van der Waals surface area contributed by atoms with E-state index in [0.29, 0.717) is 24.1 Å². The van der Waals surface area contributed by atoms with E-state index in [1.54, 1.807) is 29.2 Å². The van der Waals surface area contributed by atoms with E-state index in [0.717, 1.165) is 28.3 Å². The summed E-state index contributed by atoms with van der Waals surface area (Å²) in [6, 6.07) is 20.2. The molecule has 1 amide bonds. The van der Waals surface area contributed by atoms with Crippen LogP contribution in [0.25, 0.3) is 22.5 Å². The molecule has 0 radical (unpaired) electrons. The van der Waals surface area contributed by atoms with Crippen molar-refractivity contribution >= 4 is 16.9 Å². The Labute approximate surface area is 189 Å². The molecule has 0 bridgehead atoms. The average Bonchev–Trinajstić information content (AvgIpc) is 3.55. The fraction of sp³-hybridized carbons (Fsp3) is 0.115. The first-order valence-electron chi connectivity index (χ1n) is 10.7. The lowest BCUT2D eigenvalue weighted by molar-refractivity contribution is 0.0717.